The van der Waals surface area contributed by atoms with E-state index in [0.717, 1.165) is 12.1 Å². The van der Waals surface area contributed by atoms with Crippen LogP contribution in [-0.4, -0.2) is 6.54 Å². The van der Waals surface area contributed by atoms with Crippen molar-refractivity contribution in [1.82, 2.24) is 5.32 Å². The van der Waals surface area contributed by atoms with Crippen LogP contribution < -0.4 is 5.32 Å². The van der Waals surface area contributed by atoms with E-state index >= 15 is 0 Å². The highest BCUT2D eigenvalue weighted by Crippen LogP contribution is 1.94. The van der Waals surface area contributed by atoms with Crippen LogP contribution in [0.2, 0.25) is 0 Å². The Morgan fingerprint density at radius 2 is 2.86 bits per heavy atom. The third-order valence-electron chi connectivity index (χ3n) is 0.868. The zero-order valence-corrected chi connectivity index (χ0v) is 4.36. The molecule has 1 heteroatoms. The smallest absolute Gasteiger partial charge is 0.0623 e. The fourth-order valence-electron chi connectivity index (χ4n) is 0.525. The van der Waals surface area contributed by atoms with Crippen molar-refractivity contribution in [2.75, 3.05) is 6.54 Å². The minimum Gasteiger partial charge on any atom is -0.387 e. The highest BCUT2D eigenvalue weighted by molar-refractivity contribution is 5.18. The van der Waals surface area contributed by atoms with Gasteiger partial charge in [0.2, 0.25) is 0 Å². The number of nitrogens with one attached hydrogen (secondary N) is 1. The molecule has 0 saturated heterocycles. The van der Waals surface area contributed by atoms with E-state index in [1.165, 1.54) is 0 Å². The summed E-state index contributed by atoms with van der Waals surface area (Å²) in [5.41, 5.74) is 1.01. The Morgan fingerprint density at radius 1 is 2.00 bits per heavy atom. The lowest BCUT2D eigenvalue weighted by Crippen LogP contribution is -2.07. The molecule has 0 aromatic carbocycles. The first-order valence-corrected chi connectivity index (χ1v) is 2.38. The van der Waals surface area contributed by atoms with E-state index in [2.05, 4.69) is 5.32 Å². The Bertz CT molecular complexity index is 129. The molecule has 0 aliphatic carbocycles. The molecule has 0 saturated carbocycles. The second-order valence-corrected chi connectivity index (χ2v) is 1.58. The molecule has 1 N–H and O–H groups in total. The first kappa shape index (κ1) is 3.30. The number of dihydropyridines is 1. The molecule has 0 unspecified atom stereocenters. The largest absolute Gasteiger partial charge is 0.387 e. The second-order valence-electron chi connectivity index (χ2n) is 1.58. The summed E-state index contributed by atoms with van der Waals surface area (Å²) in [6.45, 7) is 2.72. The third kappa shape index (κ3) is 1.07. The summed E-state index contributed by atoms with van der Waals surface area (Å²) in [4.78, 5) is 0. The SMILES string of the molecule is [2H]C1=CCNC=C1C. The molecule has 1 aliphatic rings. The molecule has 0 atom stereocenters. The maximum atomic E-state index is 7.23. The number of hydrogen-bond donors (Lipinski definition) is 1. The van der Waals surface area contributed by atoms with Crippen molar-refractivity contribution < 1.29 is 1.37 Å². The van der Waals surface area contributed by atoms with Gasteiger partial charge in [-0.2, -0.15) is 0 Å². The minimum absolute atomic E-state index is 0.642. The van der Waals surface area contributed by atoms with Gasteiger partial charge in [0.25, 0.3) is 0 Å². The normalized spacial score (nSPS) is 21.6. The van der Waals surface area contributed by atoms with E-state index in [1.54, 1.807) is 0 Å². The molecule has 1 rings (SSSR count). The van der Waals surface area contributed by atoms with Crippen LogP contribution in [0.15, 0.2) is 23.9 Å². The van der Waals surface area contributed by atoms with E-state index in [0.29, 0.717) is 6.05 Å². The maximum Gasteiger partial charge on any atom is 0.0623 e. The first-order chi connectivity index (χ1) is 3.80. The zero-order valence-electron chi connectivity index (χ0n) is 5.36. The monoisotopic (exact) mass is 96.1 g/mol. The standard InChI is InChI=1S/C6H9N/c1-6-3-2-4-7-5-6/h2-3,5,7H,4H2,1H3/i3D. The van der Waals surface area contributed by atoms with Crippen LogP contribution in [0.1, 0.15) is 8.29 Å². The molecule has 0 aromatic heterocycles. The van der Waals surface area contributed by atoms with Crippen LogP contribution in [0.4, 0.5) is 0 Å². The predicted octanol–water partition coefficient (Wildman–Crippen LogP) is 1.05. The predicted molar refractivity (Wildman–Crippen MR) is 30.9 cm³/mol. The average Bonchev–Trinajstić information content (AvgIpc) is 1.77. The van der Waals surface area contributed by atoms with Gasteiger partial charge in [-0.1, -0.05) is 12.1 Å². The summed E-state index contributed by atoms with van der Waals surface area (Å²) in [5.74, 6) is 0. The van der Waals surface area contributed by atoms with Crippen molar-refractivity contribution >= 4 is 0 Å². The van der Waals surface area contributed by atoms with Crippen molar-refractivity contribution in [2.24, 2.45) is 0 Å². The Kier molecular flexibility index (Phi) is 0.861. The summed E-state index contributed by atoms with van der Waals surface area (Å²) < 4.78 is 7.23. The second kappa shape index (κ2) is 1.82. The Hall–Kier alpha value is -0.720. The van der Waals surface area contributed by atoms with Gasteiger partial charge in [-0.25, -0.2) is 0 Å². The Morgan fingerprint density at radius 3 is 3.29 bits per heavy atom. The van der Waals surface area contributed by atoms with Crippen LogP contribution in [-0.2, 0) is 0 Å². The van der Waals surface area contributed by atoms with E-state index in [9.17, 15) is 0 Å². The number of allylic oxidation sites excluding steroid dienone is 2. The lowest BCUT2D eigenvalue weighted by atomic mass is 10.2. The maximum absolute atomic E-state index is 7.23. The quantitative estimate of drug-likeness (QED) is 0.475. The lowest BCUT2D eigenvalue weighted by molar-refractivity contribution is 0.955. The van der Waals surface area contributed by atoms with Gasteiger partial charge in [0.15, 0.2) is 0 Å². The van der Waals surface area contributed by atoms with Gasteiger partial charge in [0.05, 0.1) is 1.37 Å². The highest BCUT2D eigenvalue weighted by Gasteiger charge is 1.84. The van der Waals surface area contributed by atoms with E-state index < -0.39 is 0 Å². The highest BCUT2D eigenvalue weighted by atomic mass is 14.8. The Labute approximate surface area is 45.1 Å². The van der Waals surface area contributed by atoms with Gasteiger partial charge >= 0.3 is 0 Å². The first-order valence-electron chi connectivity index (χ1n) is 2.88. The molecular formula is C6H9N. The van der Waals surface area contributed by atoms with Crippen molar-refractivity contribution in [3.05, 3.63) is 23.9 Å². The van der Waals surface area contributed by atoms with Gasteiger partial charge in [0, 0.05) is 6.54 Å². The van der Waals surface area contributed by atoms with Gasteiger partial charge in [-0.15, -0.1) is 0 Å². The number of hydrogen-bond acceptors (Lipinski definition) is 1. The molecule has 38 valence electrons. The van der Waals surface area contributed by atoms with E-state index in [4.69, 9.17) is 1.37 Å². The van der Waals surface area contributed by atoms with E-state index in [1.807, 2.05) is 19.2 Å². The van der Waals surface area contributed by atoms with Gasteiger partial charge in [0.1, 0.15) is 0 Å². The van der Waals surface area contributed by atoms with Gasteiger partial charge < -0.3 is 5.32 Å². The molecular weight excluding hydrogens is 86.1 g/mol. The lowest BCUT2D eigenvalue weighted by Gasteiger charge is -2.00. The van der Waals surface area contributed by atoms with Crippen LogP contribution in [0, 0.1) is 0 Å². The number of rotatable bonds is 0. The van der Waals surface area contributed by atoms with E-state index in [-0.39, 0.29) is 0 Å². The summed E-state index contributed by atoms with van der Waals surface area (Å²) in [6.07, 6.45) is 3.72. The third-order valence-corrected chi connectivity index (χ3v) is 0.868. The molecule has 0 fully saturated rings. The molecule has 0 amide bonds. The zero-order chi connectivity index (χ0) is 5.98. The Balaban J connectivity index is 2.73. The summed E-state index contributed by atoms with van der Waals surface area (Å²) in [6, 6.07) is 0.642. The van der Waals surface area contributed by atoms with Crippen LogP contribution in [0.5, 0.6) is 0 Å². The molecule has 0 spiro atoms. The average molecular weight is 96.2 g/mol. The van der Waals surface area contributed by atoms with Crippen molar-refractivity contribution in [2.45, 2.75) is 6.92 Å². The fraction of sp³-hybridized carbons (Fsp3) is 0.333. The molecule has 0 radical (unpaired) electrons. The van der Waals surface area contributed by atoms with Crippen molar-refractivity contribution in [3.8, 4) is 0 Å². The van der Waals surface area contributed by atoms with Crippen molar-refractivity contribution in [3.63, 3.8) is 0 Å². The summed E-state index contributed by atoms with van der Waals surface area (Å²) >= 11 is 0. The molecule has 0 bridgehead atoms. The molecule has 7 heavy (non-hydrogen) atoms. The van der Waals surface area contributed by atoms with Crippen LogP contribution in [0.3, 0.4) is 0 Å². The van der Waals surface area contributed by atoms with Crippen LogP contribution >= 0.6 is 0 Å². The summed E-state index contributed by atoms with van der Waals surface area (Å²) in [7, 11) is 0. The topological polar surface area (TPSA) is 12.0 Å². The summed E-state index contributed by atoms with van der Waals surface area (Å²) in [5, 5.41) is 3.01. The van der Waals surface area contributed by atoms with Crippen molar-refractivity contribution in [1.29, 1.82) is 0 Å². The van der Waals surface area contributed by atoms with Crippen LogP contribution in [0.25, 0.3) is 0 Å². The molecule has 1 nitrogen and oxygen atoms in total. The minimum atomic E-state index is 0.642. The fourth-order valence-corrected chi connectivity index (χ4v) is 0.525. The van der Waals surface area contributed by atoms with Gasteiger partial charge in [-0.05, 0) is 18.7 Å². The molecule has 1 heterocycles. The molecule has 1 aliphatic heterocycles. The molecule has 0 aromatic rings. The van der Waals surface area contributed by atoms with Gasteiger partial charge in [-0.3, -0.25) is 0 Å².